The maximum absolute atomic E-state index is 12.2. The number of likely N-dealkylation sites (tertiary alicyclic amines) is 1. The van der Waals surface area contributed by atoms with E-state index in [4.69, 9.17) is 4.74 Å². The largest absolute Gasteiger partial charge is 0.449 e. The van der Waals surface area contributed by atoms with Crippen molar-refractivity contribution in [1.29, 1.82) is 0 Å². The van der Waals surface area contributed by atoms with Crippen molar-refractivity contribution in [1.82, 2.24) is 10.2 Å². The number of fused-ring (bicyclic) bond motifs is 3. The third-order valence-electron chi connectivity index (χ3n) is 5.74. The molecule has 148 valence electrons. The maximum atomic E-state index is 12.2. The van der Waals surface area contributed by atoms with Crippen LogP contribution in [-0.4, -0.2) is 55.0 Å². The van der Waals surface area contributed by atoms with Gasteiger partial charge in [0, 0.05) is 19.0 Å². The minimum absolute atomic E-state index is 0.0522. The van der Waals surface area contributed by atoms with Crippen LogP contribution in [0.15, 0.2) is 48.5 Å². The van der Waals surface area contributed by atoms with Gasteiger partial charge in [-0.3, -0.25) is 0 Å². The van der Waals surface area contributed by atoms with Gasteiger partial charge in [0.15, 0.2) is 0 Å². The fraction of sp³-hybridized carbons (Fsp3) is 0.435. The number of rotatable bonds is 6. The number of nitrogens with zero attached hydrogens (tertiary/aromatic N) is 1. The van der Waals surface area contributed by atoms with E-state index >= 15 is 0 Å². The Bertz CT molecular complexity index is 771. The maximum Gasteiger partial charge on any atom is 0.407 e. The predicted molar refractivity (Wildman–Crippen MR) is 109 cm³/mol. The van der Waals surface area contributed by atoms with Gasteiger partial charge in [-0.15, -0.1) is 0 Å². The minimum atomic E-state index is -0.571. The molecule has 0 radical (unpaired) electrons. The first kappa shape index (κ1) is 19.0. The molecule has 2 aliphatic rings. The highest BCUT2D eigenvalue weighted by Gasteiger charge is 2.29. The molecule has 2 aromatic carbocycles. The van der Waals surface area contributed by atoms with Gasteiger partial charge in [-0.1, -0.05) is 55.0 Å². The second kappa shape index (κ2) is 8.76. The van der Waals surface area contributed by atoms with E-state index in [9.17, 15) is 9.90 Å². The highest BCUT2D eigenvalue weighted by molar-refractivity contribution is 5.79. The van der Waals surface area contributed by atoms with Crippen molar-refractivity contribution in [3.8, 4) is 11.1 Å². The third kappa shape index (κ3) is 4.21. The normalized spacial score (nSPS) is 17.6. The molecule has 2 N–H and O–H groups in total. The fourth-order valence-electron chi connectivity index (χ4n) is 4.36. The molecule has 1 aliphatic heterocycles. The van der Waals surface area contributed by atoms with Crippen LogP contribution < -0.4 is 5.32 Å². The molecule has 0 bridgehead atoms. The molecule has 0 unspecified atom stereocenters. The molecule has 1 aliphatic carbocycles. The Labute approximate surface area is 166 Å². The van der Waals surface area contributed by atoms with Crippen molar-refractivity contribution in [2.24, 2.45) is 0 Å². The molecule has 1 amide bonds. The van der Waals surface area contributed by atoms with Crippen LogP contribution in [0, 0.1) is 0 Å². The first-order valence-corrected chi connectivity index (χ1v) is 10.2. The first-order valence-electron chi connectivity index (χ1n) is 10.2. The molecule has 1 fully saturated rings. The molecule has 28 heavy (non-hydrogen) atoms. The van der Waals surface area contributed by atoms with Crippen LogP contribution in [0.2, 0.25) is 0 Å². The van der Waals surface area contributed by atoms with Crippen LogP contribution in [0.3, 0.4) is 0 Å². The van der Waals surface area contributed by atoms with Gasteiger partial charge in [-0.2, -0.15) is 0 Å². The number of β-amino-alcohol motifs (C(OH)–C–C–N with tert-alkyl or cyclic N) is 1. The fourth-order valence-corrected chi connectivity index (χ4v) is 4.36. The van der Waals surface area contributed by atoms with Gasteiger partial charge in [0.25, 0.3) is 0 Å². The van der Waals surface area contributed by atoms with E-state index in [-0.39, 0.29) is 12.5 Å². The zero-order chi connectivity index (χ0) is 19.3. The average Bonchev–Trinajstić information content (AvgIpc) is 3.05. The smallest absolute Gasteiger partial charge is 0.407 e. The molecule has 0 saturated carbocycles. The molecule has 1 saturated heterocycles. The number of amides is 1. The van der Waals surface area contributed by atoms with Gasteiger partial charge in [0.1, 0.15) is 6.61 Å². The lowest BCUT2D eigenvalue weighted by Crippen LogP contribution is -2.42. The van der Waals surface area contributed by atoms with Crippen molar-refractivity contribution in [2.45, 2.75) is 31.3 Å². The van der Waals surface area contributed by atoms with E-state index < -0.39 is 12.2 Å². The van der Waals surface area contributed by atoms with E-state index in [1.807, 2.05) is 24.3 Å². The number of aliphatic hydroxyl groups excluding tert-OH is 1. The predicted octanol–water partition coefficient (Wildman–Crippen LogP) is 3.37. The quantitative estimate of drug-likeness (QED) is 0.807. The SMILES string of the molecule is O=C(NC[C@@H](O)CN1CCCCC1)OCC1c2ccccc2-c2ccccc21. The number of nitrogens with one attached hydrogen (secondary N) is 1. The molecule has 1 heterocycles. The topological polar surface area (TPSA) is 61.8 Å². The highest BCUT2D eigenvalue weighted by Crippen LogP contribution is 2.44. The van der Waals surface area contributed by atoms with Crippen molar-refractivity contribution < 1.29 is 14.6 Å². The first-order chi connectivity index (χ1) is 13.7. The second-order valence-electron chi connectivity index (χ2n) is 7.72. The van der Waals surface area contributed by atoms with Crippen molar-refractivity contribution in [3.05, 3.63) is 59.7 Å². The Morgan fingerprint density at radius 1 is 1.04 bits per heavy atom. The van der Waals surface area contributed by atoms with Crippen LogP contribution in [0.1, 0.15) is 36.3 Å². The Balaban J connectivity index is 1.29. The summed E-state index contributed by atoms with van der Waals surface area (Å²) >= 11 is 0. The number of ether oxygens (including phenoxy) is 1. The summed E-state index contributed by atoms with van der Waals surface area (Å²) in [6.07, 6.45) is 2.60. The molecule has 5 nitrogen and oxygen atoms in total. The number of hydrogen-bond donors (Lipinski definition) is 2. The van der Waals surface area contributed by atoms with Gasteiger partial charge in [-0.25, -0.2) is 4.79 Å². The lowest BCUT2D eigenvalue weighted by Gasteiger charge is -2.28. The third-order valence-corrected chi connectivity index (χ3v) is 5.74. The van der Waals surface area contributed by atoms with Gasteiger partial charge in [0.2, 0.25) is 0 Å². The minimum Gasteiger partial charge on any atom is -0.449 e. The summed E-state index contributed by atoms with van der Waals surface area (Å²) in [6.45, 7) is 3.17. The Morgan fingerprint density at radius 2 is 1.64 bits per heavy atom. The molecule has 5 heteroatoms. The summed E-state index contributed by atoms with van der Waals surface area (Å²) in [4.78, 5) is 14.4. The van der Waals surface area contributed by atoms with Crippen molar-refractivity contribution in [2.75, 3.05) is 32.8 Å². The van der Waals surface area contributed by atoms with Crippen LogP contribution in [0.4, 0.5) is 4.79 Å². The van der Waals surface area contributed by atoms with Crippen LogP contribution in [-0.2, 0) is 4.74 Å². The molecule has 0 aromatic heterocycles. The second-order valence-corrected chi connectivity index (χ2v) is 7.72. The number of piperidine rings is 1. The monoisotopic (exact) mass is 380 g/mol. The summed E-state index contributed by atoms with van der Waals surface area (Å²) in [6, 6.07) is 16.6. The average molecular weight is 380 g/mol. The lowest BCUT2D eigenvalue weighted by atomic mass is 9.98. The van der Waals surface area contributed by atoms with Crippen LogP contribution in [0.5, 0.6) is 0 Å². The summed E-state index contributed by atoms with van der Waals surface area (Å²) in [5, 5.41) is 12.9. The Kier molecular flexibility index (Phi) is 5.93. The lowest BCUT2D eigenvalue weighted by molar-refractivity contribution is 0.0934. The summed E-state index contributed by atoms with van der Waals surface area (Å²) in [7, 11) is 0. The number of alkyl carbamates (subject to hydrolysis) is 1. The van der Waals surface area contributed by atoms with Gasteiger partial charge in [-0.05, 0) is 48.2 Å². The summed E-state index contributed by atoms with van der Waals surface area (Å²) in [5.74, 6) is 0.0522. The number of carbonyl (C=O) groups excluding carboxylic acids is 1. The van der Waals surface area contributed by atoms with E-state index in [0.717, 1.165) is 13.1 Å². The number of aliphatic hydroxyl groups is 1. The molecule has 1 atom stereocenters. The van der Waals surface area contributed by atoms with Gasteiger partial charge in [0.05, 0.1) is 6.10 Å². The van der Waals surface area contributed by atoms with Crippen LogP contribution in [0.25, 0.3) is 11.1 Å². The number of benzene rings is 2. The van der Waals surface area contributed by atoms with Crippen molar-refractivity contribution in [3.63, 3.8) is 0 Å². The molecule has 4 rings (SSSR count). The highest BCUT2D eigenvalue weighted by atomic mass is 16.5. The standard InChI is InChI=1S/C23H28N2O3/c26-17(15-25-12-6-1-7-13-25)14-24-23(27)28-16-22-20-10-4-2-8-18(20)19-9-3-5-11-21(19)22/h2-5,8-11,17,22,26H,1,6-7,12-16H2,(H,24,27)/t17-/m1/s1. The Hall–Kier alpha value is -2.37. The number of hydrogen-bond acceptors (Lipinski definition) is 4. The summed E-state index contributed by atoms with van der Waals surface area (Å²) < 4.78 is 5.51. The number of carbonyl (C=O) groups is 1. The zero-order valence-electron chi connectivity index (χ0n) is 16.1. The van der Waals surface area contributed by atoms with E-state index in [0.29, 0.717) is 13.2 Å². The van der Waals surface area contributed by atoms with E-state index in [2.05, 4.69) is 34.5 Å². The molecular formula is C23H28N2O3. The molecule has 2 aromatic rings. The Morgan fingerprint density at radius 3 is 2.29 bits per heavy atom. The van der Waals surface area contributed by atoms with Crippen LogP contribution >= 0.6 is 0 Å². The van der Waals surface area contributed by atoms with E-state index in [1.54, 1.807) is 0 Å². The van der Waals surface area contributed by atoms with Gasteiger partial charge < -0.3 is 20.1 Å². The molecule has 0 spiro atoms. The van der Waals surface area contributed by atoms with Crippen molar-refractivity contribution >= 4 is 6.09 Å². The zero-order valence-corrected chi connectivity index (χ0v) is 16.1. The molecular weight excluding hydrogens is 352 g/mol. The summed E-state index contributed by atoms with van der Waals surface area (Å²) in [5.41, 5.74) is 4.82. The van der Waals surface area contributed by atoms with E-state index in [1.165, 1.54) is 41.5 Å². The van der Waals surface area contributed by atoms with Gasteiger partial charge >= 0.3 is 6.09 Å².